The van der Waals surface area contributed by atoms with E-state index in [0.29, 0.717) is 27.3 Å². The third kappa shape index (κ3) is 2.66. The van der Waals surface area contributed by atoms with Crippen molar-refractivity contribution in [3.05, 3.63) is 57.6 Å². The Morgan fingerprint density at radius 2 is 2.05 bits per heavy atom. The molecule has 1 aromatic heterocycles. The van der Waals surface area contributed by atoms with Crippen LogP contribution in [0.5, 0.6) is 0 Å². The summed E-state index contributed by atoms with van der Waals surface area (Å²) in [7, 11) is 0. The Hall–Kier alpha value is -2.60. The lowest BCUT2D eigenvalue weighted by molar-refractivity contribution is 0.628. The molecule has 0 spiro atoms. The smallest absolute Gasteiger partial charge is 0.260 e. The van der Waals surface area contributed by atoms with Gasteiger partial charge in [-0.2, -0.15) is 0 Å². The maximum Gasteiger partial charge on any atom is 0.260 e. The summed E-state index contributed by atoms with van der Waals surface area (Å²) >= 11 is 5.96. The first-order valence-electron chi connectivity index (χ1n) is 6.04. The summed E-state index contributed by atoms with van der Waals surface area (Å²) in [6.45, 7) is 0. The van der Waals surface area contributed by atoms with Gasteiger partial charge in [-0.1, -0.05) is 11.6 Å². The van der Waals surface area contributed by atoms with Crippen molar-refractivity contribution in [3.63, 3.8) is 0 Å². The van der Waals surface area contributed by atoms with Crippen molar-refractivity contribution in [2.45, 2.75) is 0 Å². The number of halogens is 2. The predicted molar refractivity (Wildman–Crippen MR) is 81.5 cm³/mol. The molecular formula is C14H10ClFN4O. The van der Waals surface area contributed by atoms with Crippen molar-refractivity contribution in [2.75, 3.05) is 11.1 Å². The van der Waals surface area contributed by atoms with E-state index >= 15 is 0 Å². The maximum absolute atomic E-state index is 13.2. The van der Waals surface area contributed by atoms with Crippen LogP contribution in [0.15, 0.2) is 41.2 Å². The maximum atomic E-state index is 13.2. The molecule has 3 rings (SSSR count). The van der Waals surface area contributed by atoms with Crippen molar-refractivity contribution in [1.82, 2.24) is 9.97 Å². The number of aromatic nitrogens is 2. The molecule has 1 heterocycles. The largest absolute Gasteiger partial charge is 0.399 e. The average Bonchev–Trinajstić information content (AvgIpc) is 2.44. The molecule has 21 heavy (non-hydrogen) atoms. The summed E-state index contributed by atoms with van der Waals surface area (Å²) in [6, 6.07) is 8.70. The normalized spacial score (nSPS) is 10.8. The summed E-state index contributed by atoms with van der Waals surface area (Å²) in [5.74, 6) is -0.275. The number of hydrogen-bond acceptors (Lipinski definition) is 4. The Balaban J connectivity index is 2.07. The number of hydrogen-bond donors (Lipinski definition) is 3. The van der Waals surface area contributed by atoms with Gasteiger partial charge >= 0.3 is 0 Å². The number of fused-ring (bicyclic) bond motifs is 1. The van der Waals surface area contributed by atoms with Gasteiger partial charge in [-0.05, 0) is 36.4 Å². The van der Waals surface area contributed by atoms with Crippen molar-refractivity contribution < 1.29 is 4.39 Å². The van der Waals surface area contributed by atoms with Crippen LogP contribution < -0.4 is 16.6 Å². The second-order valence-electron chi connectivity index (χ2n) is 4.44. The summed E-state index contributed by atoms with van der Waals surface area (Å²) in [5.41, 5.74) is 6.56. The molecule has 0 aliphatic heterocycles. The van der Waals surface area contributed by atoms with Gasteiger partial charge in [0.1, 0.15) is 5.82 Å². The van der Waals surface area contributed by atoms with Crippen LogP contribution in [0.2, 0.25) is 5.02 Å². The zero-order valence-corrected chi connectivity index (χ0v) is 11.4. The van der Waals surface area contributed by atoms with E-state index in [2.05, 4.69) is 15.3 Å². The number of nitrogens with zero attached hydrogens (tertiary/aromatic N) is 1. The van der Waals surface area contributed by atoms with Crippen molar-refractivity contribution in [3.8, 4) is 0 Å². The van der Waals surface area contributed by atoms with Crippen LogP contribution in [0.3, 0.4) is 0 Å². The molecule has 0 fully saturated rings. The molecule has 0 radical (unpaired) electrons. The van der Waals surface area contributed by atoms with E-state index in [4.69, 9.17) is 17.3 Å². The highest BCUT2D eigenvalue weighted by atomic mass is 35.5. The number of aromatic amines is 1. The number of rotatable bonds is 2. The third-order valence-electron chi connectivity index (χ3n) is 2.91. The van der Waals surface area contributed by atoms with Crippen molar-refractivity contribution in [1.29, 1.82) is 0 Å². The Labute approximate surface area is 123 Å². The fourth-order valence-corrected chi connectivity index (χ4v) is 2.10. The molecule has 4 N–H and O–H groups in total. The van der Waals surface area contributed by atoms with E-state index in [1.165, 1.54) is 18.2 Å². The van der Waals surface area contributed by atoms with E-state index in [0.717, 1.165) is 0 Å². The Bertz CT molecular complexity index is 894. The highest BCUT2D eigenvalue weighted by Crippen LogP contribution is 2.25. The molecule has 5 nitrogen and oxygen atoms in total. The van der Waals surface area contributed by atoms with Gasteiger partial charge in [-0.3, -0.25) is 9.78 Å². The van der Waals surface area contributed by atoms with Crippen LogP contribution in [-0.2, 0) is 0 Å². The van der Waals surface area contributed by atoms with Crippen molar-refractivity contribution in [2.24, 2.45) is 0 Å². The lowest BCUT2D eigenvalue weighted by Crippen LogP contribution is -2.11. The Morgan fingerprint density at radius 1 is 1.24 bits per heavy atom. The molecule has 0 atom stereocenters. The molecular weight excluding hydrogens is 295 g/mol. The average molecular weight is 305 g/mol. The zero-order chi connectivity index (χ0) is 15.0. The first-order chi connectivity index (χ1) is 10.0. The zero-order valence-electron chi connectivity index (χ0n) is 10.7. The van der Waals surface area contributed by atoms with Gasteiger partial charge in [0.25, 0.3) is 5.56 Å². The topological polar surface area (TPSA) is 83.8 Å². The fourth-order valence-electron chi connectivity index (χ4n) is 1.94. The van der Waals surface area contributed by atoms with Gasteiger partial charge in [0.15, 0.2) is 0 Å². The summed E-state index contributed by atoms with van der Waals surface area (Å²) in [4.78, 5) is 18.8. The van der Waals surface area contributed by atoms with E-state index < -0.39 is 5.82 Å². The summed E-state index contributed by atoms with van der Waals surface area (Å²) in [5, 5.41) is 3.49. The monoisotopic (exact) mass is 304 g/mol. The second-order valence-corrected chi connectivity index (χ2v) is 4.85. The lowest BCUT2D eigenvalue weighted by atomic mass is 10.2. The molecule has 0 amide bonds. The van der Waals surface area contributed by atoms with E-state index in [9.17, 15) is 9.18 Å². The van der Waals surface area contributed by atoms with Crippen LogP contribution in [0.1, 0.15) is 0 Å². The molecule has 0 aliphatic rings. The van der Waals surface area contributed by atoms with E-state index in [-0.39, 0.29) is 11.5 Å². The lowest BCUT2D eigenvalue weighted by Gasteiger charge is -2.08. The Morgan fingerprint density at radius 3 is 2.86 bits per heavy atom. The molecule has 0 saturated heterocycles. The summed E-state index contributed by atoms with van der Waals surface area (Å²) < 4.78 is 13.2. The Kier molecular flexibility index (Phi) is 3.23. The molecule has 2 aromatic carbocycles. The predicted octanol–water partition coefficient (Wildman–Crippen LogP) is 3.04. The number of nitrogen functional groups attached to an aromatic ring is 1. The molecule has 0 aliphatic carbocycles. The SMILES string of the molecule is Nc1ccc2nc(Nc3cc(F)ccc3Cl)[nH]c(=O)c2c1. The van der Waals surface area contributed by atoms with E-state index in [1.807, 2.05) is 0 Å². The van der Waals surface area contributed by atoms with Gasteiger partial charge in [0.2, 0.25) is 5.95 Å². The number of nitrogens with one attached hydrogen (secondary N) is 2. The van der Waals surface area contributed by atoms with Gasteiger partial charge in [-0.15, -0.1) is 0 Å². The van der Waals surface area contributed by atoms with Crippen LogP contribution >= 0.6 is 11.6 Å². The summed E-state index contributed by atoms with van der Waals surface area (Å²) in [6.07, 6.45) is 0. The number of anilines is 3. The quantitative estimate of drug-likeness (QED) is 0.635. The third-order valence-corrected chi connectivity index (χ3v) is 3.24. The van der Waals surface area contributed by atoms with Crippen LogP contribution in [-0.4, -0.2) is 9.97 Å². The standard InChI is InChI=1S/C14H10ClFN4O/c15-10-3-1-7(16)5-12(10)19-14-18-11-4-2-8(17)6-9(11)13(21)20-14/h1-6H,17H2,(H2,18,19,20,21). The van der Waals surface area contributed by atoms with E-state index in [1.54, 1.807) is 18.2 Å². The van der Waals surface area contributed by atoms with Gasteiger partial charge in [-0.25, -0.2) is 9.37 Å². The molecule has 0 unspecified atom stereocenters. The first kappa shape index (κ1) is 13.4. The molecule has 7 heteroatoms. The van der Waals surface area contributed by atoms with Crippen LogP contribution in [0.25, 0.3) is 10.9 Å². The second kappa shape index (κ2) is 5.06. The van der Waals surface area contributed by atoms with Gasteiger partial charge in [0, 0.05) is 5.69 Å². The molecule has 3 aromatic rings. The minimum Gasteiger partial charge on any atom is -0.399 e. The van der Waals surface area contributed by atoms with Crippen molar-refractivity contribution >= 4 is 39.8 Å². The van der Waals surface area contributed by atoms with Gasteiger partial charge in [0.05, 0.1) is 21.6 Å². The highest BCUT2D eigenvalue weighted by Gasteiger charge is 2.07. The number of nitrogens with two attached hydrogens (primary N) is 1. The first-order valence-corrected chi connectivity index (χ1v) is 6.42. The molecule has 0 bridgehead atoms. The highest BCUT2D eigenvalue weighted by molar-refractivity contribution is 6.33. The van der Waals surface area contributed by atoms with Crippen LogP contribution in [0.4, 0.5) is 21.7 Å². The fraction of sp³-hybridized carbons (Fsp3) is 0. The number of benzene rings is 2. The molecule has 0 saturated carbocycles. The van der Waals surface area contributed by atoms with Gasteiger partial charge < -0.3 is 11.1 Å². The minimum atomic E-state index is -0.446. The van der Waals surface area contributed by atoms with Crippen LogP contribution in [0, 0.1) is 5.82 Å². The minimum absolute atomic E-state index is 0.171. The number of H-pyrrole nitrogens is 1. The molecule has 106 valence electrons.